The Morgan fingerprint density at radius 2 is 1.62 bits per heavy atom. The van der Waals surface area contributed by atoms with E-state index in [9.17, 15) is 4.79 Å². The number of ether oxygens (including phenoxy) is 4. The molecule has 2 aromatic carbocycles. The highest BCUT2D eigenvalue weighted by molar-refractivity contribution is 5.94. The summed E-state index contributed by atoms with van der Waals surface area (Å²) < 4.78 is 21.5. The lowest BCUT2D eigenvalue weighted by atomic mass is 10.1. The molecule has 1 heterocycles. The quantitative estimate of drug-likeness (QED) is 0.741. The van der Waals surface area contributed by atoms with Crippen LogP contribution < -0.4 is 14.2 Å². The van der Waals surface area contributed by atoms with E-state index < -0.39 is 0 Å². The molecule has 134 valence electrons. The Morgan fingerprint density at radius 3 is 2.19 bits per heavy atom. The molecule has 0 atom stereocenters. The summed E-state index contributed by atoms with van der Waals surface area (Å²) in [5.74, 6) is 1.85. The molecule has 0 fully saturated rings. The van der Waals surface area contributed by atoms with Gasteiger partial charge in [0.25, 0.3) is 0 Å². The third kappa shape index (κ3) is 3.72. The van der Waals surface area contributed by atoms with Crippen molar-refractivity contribution in [1.82, 2.24) is 0 Å². The first-order valence-electron chi connectivity index (χ1n) is 8.13. The van der Waals surface area contributed by atoms with Crippen LogP contribution in [0.25, 0.3) is 6.08 Å². The zero-order valence-corrected chi connectivity index (χ0v) is 14.9. The highest BCUT2D eigenvalue weighted by Crippen LogP contribution is 2.36. The Hall–Kier alpha value is -3.21. The number of hydrogen-bond acceptors (Lipinski definition) is 5. The lowest BCUT2D eigenvalue weighted by Crippen LogP contribution is -2.01. The summed E-state index contributed by atoms with van der Waals surface area (Å²) in [7, 11) is 4.70. The fourth-order valence-electron chi connectivity index (χ4n) is 2.76. The number of benzene rings is 2. The molecule has 5 heteroatoms. The van der Waals surface area contributed by atoms with Gasteiger partial charge in [0.2, 0.25) is 0 Å². The average molecular weight is 352 g/mol. The van der Waals surface area contributed by atoms with Gasteiger partial charge >= 0.3 is 5.97 Å². The zero-order chi connectivity index (χ0) is 18.5. The van der Waals surface area contributed by atoms with E-state index in [0.717, 1.165) is 5.56 Å². The van der Waals surface area contributed by atoms with Crippen LogP contribution in [0.15, 0.2) is 59.9 Å². The van der Waals surface area contributed by atoms with E-state index in [-0.39, 0.29) is 5.97 Å². The van der Waals surface area contributed by atoms with Gasteiger partial charge in [-0.15, -0.1) is 0 Å². The molecule has 0 saturated heterocycles. The molecule has 26 heavy (non-hydrogen) atoms. The first-order chi connectivity index (χ1) is 12.6. The summed E-state index contributed by atoms with van der Waals surface area (Å²) in [4.78, 5) is 12.2. The minimum atomic E-state index is -0.341. The molecular weight excluding hydrogens is 332 g/mol. The lowest BCUT2D eigenvalue weighted by Gasteiger charge is -2.12. The third-order valence-electron chi connectivity index (χ3n) is 4.07. The van der Waals surface area contributed by atoms with Crippen LogP contribution in [0.2, 0.25) is 0 Å². The summed E-state index contributed by atoms with van der Waals surface area (Å²) in [5, 5.41) is 0. The molecule has 0 aliphatic carbocycles. The van der Waals surface area contributed by atoms with Crippen molar-refractivity contribution in [2.24, 2.45) is 0 Å². The molecule has 0 saturated carbocycles. The molecule has 2 aromatic rings. The number of cyclic esters (lactones) is 1. The lowest BCUT2D eigenvalue weighted by molar-refractivity contribution is -0.133. The van der Waals surface area contributed by atoms with E-state index in [1.54, 1.807) is 45.6 Å². The third-order valence-corrected chi connectivity index (χ3v) is 4.07. The van der Waals surface area contributed by atoms with Gasteiger partial charge in [0.1, 0.15) is 23.0 Å². The number of rotatable bonds is 6. The largest absolute Gasteiger partial charge is 0.496 e. The Morgan fingerprint density at radius 1 is 0.962 bits per heavy atom. The second-order valence-electron chi connectivity index (χ2n) is 5.71. The van der Waals surface area contributed by atoms with Gasteiger partial charge in [0.15, 0.2) is 0 Å². The Labute approximate surface area is 152 Å². The SMILES string of the molecule is COc1cc(OC)c(/C=C2\C=C(Cc3ccccc3)C(=O)O2)c(OC)c1. The van der Waals surface area contributed by atoms with Crippen LogP contribution in [0.3, 0.4) is 0 Å². The Balaban J connectivity index is 1.94. The van der Waals surface area contributed by atoms with Gasteiger partial charge in [-0.2, -0.15) is 0 Å². The highest BCUT2D eigenvalue weighted by Gasteiger charge is 2.22. The average Bonchev–Trinajstić information content (AvgIpc) is 3.01. The number of allylic oxidation sites excluding steroid dienone is 1. The van der Waals surface area contributed by atoms with Crippen LogP contribution in [-0.4, -0.2) is 27.3 Å². The standard InChI is InChI=1S/C21H20O5/c1-23-16-12-19(24-2)18(20(13-16)25-3)11-17-10-15(21(22)26-17)9-14-7-5-4-6-8-14/h4-8,10-13H,9H2,1-3H3/b17-11+. The maximum absolute atomic E-state index is 12.2. The number of carbonyl (C=O) groups is 1. The van der Waals surface area contributed by atoms with Gasteiger partial charge in [0.05, 0.1) is 26.9 Å². The highest BCUT2D eigenvalue weighted by atomic mass is 16.5. The van der Waals surface area contributed by atoms with Crippen molar-refractivity contribution in [3.8, 4) is 17.2 Å². The summed E-state index contributed by atoms with van der Waals surface area (Å²) in [6.07, 6.45) is 4.00. The molecule has 0 N–H and O–H groups in total. The molecule has 0 aromatic heterocycles. The van der Waals surface area contributed by atoms with E-state index in [0.29, 0.717) is 40.6 Å². The zero-order valence-electron chi connectivity index (χ0n) is 14.9. The molecule has 5 nitrogen and oxygen atoms in total. The van der Waals surface area contributed by atoms with Gasteiger partial charge in [-0.25, -0.2) is 4.79 Å². The van der Waals surface area contributed by atoms with Crippen LogP contribution in [0, 0.1) is 0 Å². The van der Waals surface area contributed by atoms with Crippen LogP contribution in [0.5, 0.6) is 17.2 Å². The van der Waals surface area contributed by atoms with Crippen LogP contribution in [0.4, 0.5) is 0 Å². The van der Waals surface area contributed by atoms with Crippen molar-refractivity contribution in [3.05, 3.63) is 71.0 Å². The Kier molecular flexibility index (Phi) is 5.27. The maximum Gasteiger partial charge on any atom is 0.339 e. The second-order valence-corrected chi connectivity index (χ2v) is 5.71. The maximum atomic E-state index is 12.2. The molecule has 0 radical (unpaired) electrons. The van der Waals surface area contributed by atoms with E-state index in [1.807, 2.05) is 30.3 Å². The number of methoxy groups -OCH3 is 3. The predicted molar refractivity (Wildman–Crippen MR) is 98.4 cm³/mol. The molecule has 1 aliphatic rings. The van der Waals surface area contributed by atoms with Gasteiger partial charge in [-0.05, 0) is 17.7 Å². The van der Waals surface area contributed by atoms with E-state index in [1.165, 1.54) is 0 Å². The van der Waals surface area contributed by atoms with Crippen LogP contribution in [-0.2, 0) is 16.0 Å². The van der Waals surface area contributed by atoms with Crippen molar-refractivity contribution in [2.45, 2.75) is 6.42 Å². The molecule has 0 unspecified atom stereocenters. The van der Waals surface area contributed by atoms with Gasteiger partial charge in [-0.3, -0.25) is 0 Å². The smallest absolute Gasteiger partial charge is 0.339 e. The second kappa shape index (κ2) is 7.78. The van der Waals surface area contributed by atoms with Crippen molar-refractivity contribution in [2.75, 3.05) is 21.3 Å². The summed E-state index contributed by atoms with van der Waals surface area (Å²) >= 11 is 0. The topological polar surface area (TPSA) is 54.0 Å². The molecule has 0 amide bonds. The van der Waals surface area contributed by atoms with E-state index >= 15 is 0 Å². The van der Waals surface area contributed by atoms with Crippen molar-refractivity contribution in [3.63, 3.8) is 0 Å². The van der Waals surface area contributed by atoms with Gasteiger partial charge in [-0.1, -0.05) is 30.3 Å². The molecular formula is C21H20O5. The minimum Gasteiger partial charge on any atom is -0.496 e. The monoisotopic (exact) mass is 352 g/mol. The van der Waals surface area contributed by atoms with Gasteiger partial charge < -0.3 is 18.9 Å². The Bertz CT molecular complexity index is 840. The number of carbonyl (C=O) groups excluding carboxylic acids is 1. The molecule has 0 spiro atoms. The number of hydrogen-bond donors (Lipinski definition) is 0. The van der Waals surface area contributed by atoms with Crippen molar-refractivity contribution < 1.29 is 23.7 Å². The number of esters is 1. The first-order valence-corrected chi connectivity index (χ1v) is 8.13. The fourth-order valence-corrected chi connectivity index (χ4v) is 2.76. The first kappa shape index (κ1) is 17.6. The normalized spacial score (nSPS) is 14.8. The van der Waals surface area contributed by atoms with Crippen molar-refractivity contribution in [1.29, 1.82) is 0 Å². The molecule has 3 rings (SSSR count). The molecule has 1 aliphatic heterocycles. The van der Waals surface area contributed by atoms with Crippen molar-refractivity contribution >= 4 is 12.0 Å². The van der Waals surface area contributed by atoms with E-state index in [2.05, 4.69) is 0 Å². The summed E-state index contributed by atoms with van der Waals surface area (Å²) in [6, 6.07) is 13.3. The molecule has 0 bridgehead atoms. The van der Waals surface area contributed by atoms with Crippen LogP contribution >= 0.6 is 0 Å². The van der Waals surface area contributed by atoms with E-state index in [4.69, 9.17) is 18.9 Å². The predicted octanol–water partition coefficient (Wildman–Crippen LogP) is 3.78. The van der Waals surface area contributed by atoms with Crippen LogP contribution in [0.1, 0.15) is 11.1 Å². The fraction of sp³-hybridized carbons (Fsp3) is 0.190. The summed E-state index contributed by atoms with van der Waals surface area (Å²) in [5.41, 5.74) is 2.33. The minimum absolute atomic E-state index is 0.341. The summed E-state index contributed by atoms with van der Waals surface area (Å²) in [6.45, 7) is 0. The van der Waals surface area contributed by atoms with Gasteiger partial charge in [0, 0.05) is 24.1 Å².